The van der Waals surface area contributed by atoms with Gasteiger partial charge in [-0.05, 0) is 67.8 Å². The molecule has 0 aliphatic carbocycles. The summed E-state index contributed by atoms with van der Waals surface area (Å²) in [7, 11) is 0. The molecule has 0 saturated carbocycles. The van der Waals surface area contributed by atoms with Crippen molar-refractivity contribution in [2.24, 2.45) is 0 Å². The van der Waals surface area contributed by atoms with Crippen molar-refractivity contribution < 1.29 is 28.6 Å². The Morgan fingerprint density at radius 1 is 0.917 bits per heavy atom. The monoisotopic (exact) mass is 489 g/mol. The van der Waals surface area contributed by atoms with E-state index >= 15 is 0 Å². The number of likely N-dealkylation sites (tertiary alicyclic amines) is 1. The van der Waals surface area contributed by atoms with Crippen molar-refractivity contribution in [3.8, 4) is 11.5 Å². The summed E-state index contributed by atoms with van der Waals surface area (Å²) in [6.45, 7) is 4.82. The van der Waals surface area contributed by atoms with Gasteiger partial charge >= 0.3 is 0 Å². The van der Waals surface area contributed by atoms with Gasteiger partial charge < -0.3 is 19.5 Å². The van der Waals surface area contributed by atoms with Crippen molar-refractivity contribution >= 4 is 17.4 Å². The number of carbonyl (C=O) groups excluding carboxylic acids is 2. The molecule has 1 saturated heterocycles. The van der Waals surface area contributed by atoms with Crippen LogP contribution in [0, 0.1) is 5.82 Å². The molecule has 1 amide bonds. The topological polar surface area (TPSA) is 76.1 Å². The molecule has 1 aliphatic heterocycles. The normalized spacial score (nSPS) is 16.9. The molecule has 7 heteroatoms. The summed E-state index contributed by atoms with van der Waals surface area (Å²) in [6.07, 6.45) is 0.524. The maximum Gasteiger partial charge on any atom is 0.295 e. The van der Waals surface area contributed by atoms with Gasteiger partial charge in [-0.15, -0.1) is 0 Å². The molecule has 6 nitrogen and oxygen atoms in total. The number of carbonyl (C=O) groups is 2. The first-order valence-corrected chi connectivity index (χ1v) is 11.9. The number of aliphatic hydroxyl groups excluding tert-OH is 1. The van der Waals surface area contributed by atoms with E-state index < -0.39 is 23.5 Å². The van der Waals surface area contributed by atoms with Crippen LogP contribution in [0.15, 0.2) is 78.4 Å². The molecular formula is C29H28FNO5. The van der Waals surface area contributed by atoms with Crippen molar-refractivity contribution in [2.45, 2.75) is 26.3 Å². The Balaban J connectivity index is 1.82. The first kappa shape index (κ1) is 25.0. The highest BCUT2D eigenvalue weighted by molar-refractivity contribution is 6.46. The molecule has 186 valence electrons. The molecule has 36 heavy (non-hydrogen) atoms. The van der Waals surface area contributed by atoms with E-state index in [0.717, 1.165) is 5.56 Å². The van der Waals surface area contributed by atoms with Gasteiger partial charge in [-0.25, -0.2) is 4.39 Å². The first-order chi connectivity index (χ1) is 17.4. The van der Waals surface area contributed by atoms with Crippen LogP contribution in [0.5, 0.6) is 11.5 Å². The van der Waals surface area contributed by atoms with Gasteiger partial charge in [-0.3, -0.25) is 9.59 Å². The molecule has 4 rings (SSSR count). The molecule has 3 aromatic rings. The average Bonchev–Trinajstić information content (AvgIpc) is 3.14. The zero-order valence-electron chi connectivity index (χ0n) is 20.2. The third kappa shape index (κ3) is 5.10. The molecule has 0 spiro atoms. The molecule has 3 aromatic carbocycles. The number of nitrogens with zero attached hydrogens (tertiary/aromatic N) is 1. The van der Waals surface area contributed by atoms with Crippen molar-refractivity contribution in [1.82, 2.24) is 4.90 Å². The molecule has 0 bridgehead atoms. The van der Waals surface area contributed by atoms with E-state index in [1.54, 1.807) is 18.2 Å². The minimum Gasteiger partial charge on any atom is -0.507 e. The Hall–Kier alpha value is -4.13. The lowest BCUT2D eigenvalue weighted by Gasteiger charge is -2.26. The van der Waals surface area contributed by atoms with E-state index in [-0.39, 0.29) is 23.4 Å². The zero-order chi connectivity index (χ0) is 25.7. The van der Waals surface area contributed by atoms with Crippen LogP contribution in [0.2, 0.25) is 0 Å². The summed E-state index contributed by atoms with van der Waals surface area (Å²) in [5.74, 6) is -1.30. The van der Waals surface area contributed by atoms with Crippen LogP contribution in [0.1, 0.15) is 36.6 Å². The van der Waals surface area contributed by atoms with Gasteiger partial charge in [0.25, 0.3) is 11.7 Å². The van der Waals surface area contributed by atoms with Crippen LogP contribution < -0.4 is 9.47 Å². The molecule has 1 unspecified atom stereocenters. The minimum absolute atomic E-state index is 0.0497. The Bertz CT molecular complexity index is 1270. The predicted octanol–water partition coefficient (Wildman–Crippen LogP) is 5.29. The summed E-state index contributed by atoms with van der Waals surface area (Å²) in [6, 6.07) is 19.2. The number of rotatable bonds is 9. The molecule has 0 aromatic heterocycles. The van der Waals surface area contributed by atoms with E-state index in [0.29, 0.717) is 36.7 Å². The van der Waals surface area contributed by atoms with Gasteiger partial charge in [0.05, 0.1) is 24.8 Å². The number of hydrogen-bond donors (Lipinski definition) is 1. The lowest BCUT2D eigenvalue weighted by molar-refractivity contribution is -0.139. The second-order valence-electron chi connectivity index (χ2n) is 8.31. The highest BCUT2D eigenvalue weighted by Gasteiger charge is 2.46. The van der Waals surface area contributed by atoms with Gasteiger partial charge in [-0.1, -0.05) is 36.4 Å². The second-order valence-corrected chi connectivity index (χ2v) is 8.31. The van der Waals surface area contributed by atoms with E-state index in [1.807, 2.05) is 44.2 Å². The fraction of sp³-hybridized carbons (Fsp3) is 0.241. The average molecular weight is 490 g/mol. The quantitative estimate of drug-likeness (QED) is 0.251. The third-order valence-electron chi connectivity index (χ3n) is 6.03. The van der Waals surface area contributed by atoms with Crippen LogP contribution >= 0.6 is 0 Å². The van der Waals surface area contributed by atoms with Gasteiger partial charge in [0.1, 0.15) is 11.6 Å². The summed E-state index contributed by atoms with van der Waals surface area (Å²) < 4.78 is 24.9. The molecule has 0 radical (unpaired) electrons. The fourth-order valence-electron chi connectivity index (χ4n) is 4.35. The summed E-state index contributed by atoms with van der Waals surface area (Å²) in [5.41, 5.74) is 1.81. The van der Waals surface area contributed by atoms with Crippen LogP contribution in [0.4, 0.5) is 4.39 Å². The predicted molar refractivity (Wildman–Crippen MR) is 134 cm³/mol. The number of amides is 1. The smallest absolute Gasteiger partial charge is 0.295 e. The Morgan fingerprint density at radius 3 is 2.25 bits per heavy atom. The number of ketones is 1. The lowest BCUT2D eigenvalue weighted by Crippen LogP contribution is -2.31. The molecule has 1 N–H and O–H groups in total. The highest BCUT2D eigenvalue weighted by atomic mass is 19.1. The van der Waals surface area contributed by atoms with Crippen LogP contribution in [-0.4, -0.2) is 41.5 Å². The summed E-state index contributed by atoms with van der Waals surface area (Å²) in [5, 5.41) is 11.1. The molecule has 1 atom stereocenters. The standard InChI is InChI=1S/C29H28FNO5/c1-3-35-23-15-12-21(18-24(23)36-4-2)26-25(27(32)20-10-13-22(30)14-11-20)28(33)29(34)31(26)17-16-19-8-6-5-7-9-19/h5-15,18,26,32H,3-4,16-17H2,1-2H3. The van der Waals surface area contributed by atoms with E-state index in [1.165, 1.54) is 29.2 Å². The van der Waals surface area contributed by atoms with E-state index in [9.17, 15) is 19.1 Å². The Morgan fingerprint density at radius 2 is 1.58 bits per heavy atom. The Labute approximate surface area is 209 Å². The maximum absolute atomic E-state index is 13.5. The van der Waals surface area contributed by atoms with E-state index in [4.69, 9.17) is 9.47 Å². The molecule has 1 aliphatic rings. The number of hydrogen-bond acceptors (Lipinski definition) is 5. The summed E-state index contributed by atoms with van der Waals surface area (Å²) >= 11 is 0. The fourth-order valence-corrected chi connectivity index (χ4v) is 4.35. The number of ether oxygens (including phenoxy) is 2. The maximum atomic E-state index is 13.5. The van der Waals surface area contributed by atoms with Gasteiger partial charge in [0, 0.05) is 12.1 Å². The highest BCUT2D eigenvalue weighted by Crippen LogP contribution is 2.42. The van der Waals surface area contributed by atoms with Gasteiger partial charge in [0.2, 0.25) is 0 Å². The molecule has 1 heterocycles. The number of benzene rings is 3. The zero-order valence-corrected chi connectivity index (χ0v) is 20.2. The SMILES string of the molecule is CCOc1ccc(C2C(=C(O)c3ccc(F)cc3)C(=O)C(=O)N2CCc2ccccc2)cc1OCC. The number of Topliss-reactive ketones (excluding diaryl/α,β-unsaturated/α-hetero) is 1. The van der Waals surface area contributed by atoms with E-state index in [2.05, 4.69) is 0 Å². The minimum atomic E-state index is -0.853. The van der Waals surface area contributed by atoms with Crippen molar-refractivity contribution in [2.75, 3.05) is 19.8 Å². The van der Waals surface area contributed by atoms with Gasteiger partial charge in [-0.2, -0.15) is 0 Å². The summed E-state index contributed by atoms with van der Waals surface area (Å²) in [4.78, 5) is 27.9. The van der Waals surface area contributed by atoms with Crippen molar-refractivity contribution in [3.05, 3.63) is 101 Å². The molecular weight excluding hydrogens is 461 g/mol. The largest absolute Gasteiger partial charge is 0.507 e. The molecule has 1 fully saturated rings. The number of halogens is 1. The third-order valence-corrected chi connectivity index (χ3v) is 6.03. The second kappa shape index (κ2) is 11.1. The van der Waals surface area contributed by atoms with Crippen LogP contribution in [0.3, 0.4) is 0 Å². The van der Waals surface area contributed by atoms with Gasteiger partial charge in [0.15, 0.2) is 11.5 Å². The lowest BCUT2D eigenvalue weighted by atomic mass is 9.94. The van der Waals surface area contributed by atoms with Crippen molar-refractivity contribution in [3.63, 3.8) is 0 Å². The first-order valence-electron chi connectivity index (χ1n) is 11.9. The van der Waals surface area contributed by atoms with Crippen LogP contribution in [-0.2, 0) is 16.0 Å². The van der Waals surface area contributed by atoms with Crippen LogP contribution in [0.25, 0.3) is 5.76 Å². The number of aliphatic hydroxyl groups is 1. The Kier molecular flexibility index (Phi) is 7.68. The van der Waals surface area contributed by atoms with Crippen molar-refractivity contribution in [1.29, 1.82) is 0 Å².